The number of benzene rings is 2. The van der Waals surface area contributed by atoms with E-state index in [4.69, 9.17) is 14.2 Å². The second-order valence-electron chi connectivity index (χ2n) is 19.8. The van der Waals surface area contributed by atoms with E-state index in [0.717, 1.165) is 77.9 Å². The van der Waals surface area contributed by atoms with Gasteiger partial charge in [0.1, 0.15) is 18.7 Å². The van der Waals surface area contributed by atoms with E-state index in [0.29, 0.717) is 64.3 Å². The SMILES string of the molecule is Cc1ccc(C2CCN(C(=O)NC(Cc3cc(C)c4c(cnn4COC(=O)CCCCCOC(=O)C(NC(=O)OCc4ccccc4)C(C)C)c3)C(=O)N3CCN(C4CCN(C)CC4)CC3)CC2)c(=O)[nH]1. The number of hydrogen-bond acceptors (Lipinski definition) is 12. The summed E-state index contributed by atoms with van der Waals surface area (Å²) in [5, 5.41) is 11.1. The quantitative estimate of drug-likeness (QED) is 0.0595. The zero-order valence-electron chi connectivity index (χ0n) is 42.2. The molecule has 4 aromatic rings. The number of aryl methyl sites for hydroxylation is 2. The maximum Gasteiger partial charge on any atom is 0.408 e. The molecule has 4 amide bonds. The number of carbonyl (C=O) groups excluding carboxylic acids is 5. The molecule has 2 atom stereocenters. The Morgan fingerprint density at radius 3 is 2.23 bits per heavy atom. The van der Waals surface area contributed by atoms with Crippen LogP contribution in [0.4, 0.5) is 9.59 Å². The topological polar surface area (TPSA) is 201 Å². The van der Waals surface area contributed by atoms with Crippen molar-refractivity contribution in [3.8, 4) is 0 Å². The van der Waals surface area contributed by atoms with Gasteiger partial charge in [-0.05, 0) is 120 Å². The fourth-order valence-electron chi connectivity index (χ4n) is 10.0. The van der Waals surface area contributed by atoms with Crippen LogP contribution in [0.1, 0.15) is 99.1 Å². The molecule has 18 heteroatoms. The van der Waals surface area contributed by atoms with Crippen molar-refractivity contribution in [2.45, 2.75) is 123 Å². The standard InChI is InChI=1S/C53H73N9O9/c1-36(2)47(57-53(68)70-34-39-12-8-6-9-13-39)51(66)69-29-11-7-10-14-46(63)71-35-62-48-37(3)30-40(31-42(48)33-54-62)32-45(50(65)60-27-25-59(26-28-60)43-19-21-58(5)22-20-43)56-52(67)61-23-17-41(18-24-61)44-16-15-38(4)55-49(44)64/h6,8-9,12-13,15-16,30-31,33,36,41,43,45,47H,7,10-11,14,17-29,32,34-35H2,1-5H3,(H,55,64)(H,56,67)(H,57,68). The number of hydrogen-bond donors (Lipinski definition) is 3. The van der Waals surface area contributed by atoms with E-state index in [2.05, 4.69) is 37.6 Å². The Morgan fingerprint density at radius 2 is 1.52 bits per heavy atom. The Kier molecular flexibility index (Phi) is 18.7. The lowest BCUT2D eigenvalue weighted by atomic mass is 9.90. The van der Waals surface area contributed by atoms with Crippen LogP contribution in [0.25, 0.3) is 10.9 Å². The van der Waals surface area contributed by atoms with Crippen LogP contribution in [0.5, 0.6) is 0 Å². The van der Waals surface area contributed by atoms with Crippen molar-refractivity contribution in [1.82, 2.24) is 45.0 Å². The van der Waals surface area contributed by atoms with Crippen molar-refractivity contribution in [2.75, 3.05) is 66.0 Å². The van der Waals surface area contributed by atoms with Gasteiger partial charge in [0, 0.05) is 74.8 Å². The Hall–Kier alpha value is -6.27. The van der Waals surface area contributed by atoms with E-state index >= 15 is 0 Å². The second-order valence-corrected chi connectivity index (χ2v) is 19.8. The van der Waals surface area contributed by atoms with Crippen LogP contribution in [0.15, 0.2) is 65.6 Å². The summed E-state index contributed by atoms with van der Waals surface area (Å²) in [6.07, 6.45) is 6.74. The number of alkyl carbamates (subject to hydrolysis) is 1. The first-order valence-electron chi connectivity index (χ1n) is 25.4. The van der Waals surface area contributed by atoms with Crippen molar-refractivity contribution in [2.24, 2.45) is 5.92 Å². The summed E-state index contributed by atoms with van der Waals surface area (Å²) in [7, 11) is 2.16. The maximum atomic E-state index is 14.5. The van der Waals surface area contributed by atoms with Gasteiger partial charge in [-0.2, -0.15) is 5.10 Å². The smallest absolute Gasteiger partial charge is 0.408 e. The lowest BCUT2D eigenvalue weighted by Crippen LogP contribution is -2.59. The molecule has 2 aromatic heterocycles. The number of unbranched alkanes of at least 4 members (excludes halogenated alkanes) is 2. The molecular weight excluding hydrogens is 907 g/mol. The first-order valence-corrected chi connectivity index (χ1v) is 25.4. The molecule has 0 radical (unpaired) electrons. The van der Waals surface area contributed by atoms with Crippen LogP contribution < -0.4 is 16.2 Å². The maximum absolute atomic E-state index is 14.5. The van der Waals surface area contributed by atoms with E-state index < -0.39 is 24.1 Å². The lowest BCUT2D eigenvalue weighted by Gasteiger charge is -2.43. The fourth-order valence-corrected chi connectivity index (χ4v) is 10.0. The average molecular weight is 980 g/mol. The highest BCUT2D eigenvalue weighted by atomic mass is 16.6. The van der Waals surface area contributed by atoms with E-state index in [1.165, 1.54) is 0 Å². The van der Waals surface area contributed by atoms with E-state index in [-0.39, 0.29) is 68.1 Å². The van der Waals surface area contributed by atoms with Crippen molar-refractivity contribution in [1.29, 1.82) is 0 Å². The number of urea groups is 1. The van der Waals surface area contributed by atoms with Crippen LogP contribution in [0, 0.1) is 19.8 Å². The number of nitrogens with zero attached hydrogens (tertiary/aromatic N) is 6. The number of aromatic nitrogens is 3. The van der Waals surface area contributed by atoms with Gasteiger partial charge in [0.05, 0.1) is 18.3 Å². The minimum atomic E-state index is -0.860. The molecule has 0 aliphatic carbocycles. The zero-order chi connectivity index (χ0) is 50.4. The molecule has 0 saturated carbocycles. The van der Waals surface area contributed by atoms with Gasteiger partial charge in [-0.3, -0.25) is 19.3 Å². The number of piperazine rings is 1. The predicted molar refractivity (Wildman–Crippen MR) is 268 cm³/mol. The molecule has 384 valence electrons. The van der Waals surface area contributed by atoms with Gasteiger partial charge in [0.15, 0.2) is 6.73 Å². The molecule has 2 unspecified atom stereocenters. The molecule has 5 heterocycles. The van der Waals surface area contributed by atoms with Gasteiger partial charge < -0.3 is 44.5 Å². The number of carbonyl (C=O) groups is 5. The van der Waals surface area contributed by atoms with Crippen LogP contribution in [-0.2, 0) is 48.4 Å². The first-order chi connectivity index (χ1) is 34.2. The number of nitrogens with one attached hydrogen (secondary N) is 3. The number of amides is 4. The van der Waals surface area contributed by atoms with Gasteiger partial charge in [-0.1, -0.05) is 56.3 Å². The van der Waals surface area contributed by atoms with Gasteiger partial charge in [0.25, 0.3) is 5.56 Å². The Morgan fingerprint density at radius 1 is 0.789 bits per heavy atom. The van der Waals surface area contributed by atoms with E-state index in [1.54, 1.807) is 15.8 Å². The van der Waals surface area contributed by atoms with Gasteiger partial charge >= 0.3 is 24.1 Å². The number of H-pyrrole nitrogens is 1. The number of ether oxygens (including phenoxy) is 3. The largest absolute Gasteiger partial charge is 0.464 e. The molecule has 7 rings (SSSR count). The average Bonchev–Trinajstić information content (AvgIpc) is 3.78. The highest BCUT2D eigenvalue weighted by Gasteiger charge is 2.34. The lowest BCUT2D eigenvalue weighted by molar-refractivity contribution is -0.149. The van der Waals surface area contributed by atoms with Crippen LogP contribution in [0.3, 0.4) is 0 Å². The van der Waals surface area contributed by atoms with Gasteiger partial charge in [0.2, 0.25) is 5.91 Å². The monoisotopic (exact) mass is 980 g/mol. The Labute approximate surface area is 416 Å². The zero-order valence-corrected chi connectivity index (χ0v) is 42.2. The van der Waals surface area contributed by atoms with Crippen LogP contribution in [-0.4, -0.2) is 148 Å². The molecule has 3 N–H and O–H groups in total. The number of fused-ring (bicyclic) bond motifs is 1. The summed E-state index contributed by atoms with van der Waals surface area (Å²) in [6, 6.07) is 15.6. The molecule has 0 spiro atoms. The van der Waals surface area contributed by atoms with E-state index in [9.17, 15) is 28.8 Å². The third-order valence-electron chi connectivity index (χ3n) is 14.2. The fraction of sp³-hybridized carbons (Fsp3) is 0.566. The molecule has 3 aliphatic rings. The van der Waals surface area contributed by atoms with Crippen LogP contribution in [0.2, 0.25) is 0 Å². The minimum Gasteiger partial charge on any atom is -0.464 e. The Balaban J connectivity index is 0.892. The molecule has 18 nitrogen and oxygen atoms in total. The molecular formula is C53H73N9O9. The number of aromatic amines is 1. The third kappa shape index (κ3) is 14.7. The van der Waals surface area contributed by atoms with Gasteiger partial charge in [-0.25, -0.2) is 19.1 Å². The molecule has 2 aromatic carbocycles. The molecule has 3 saturated heterocycles. The number of esters is 2. The highest BCUT2D eigenvalue weighted by Crippen LogP contribution is 2.27. The summed E-state index contributed by atoms with van der Waals surface area (Å²) >= 11 is 0. The summed E-state index contributed by atoms with van der Waals surface area (Å²) in [5.74, 6) is -1.19. The van der Waals surface area contributed by atoms with Crippen molar-refractivity contribution < 1.29 is 38.2 Å². The number of likely N-dealkylation sites (tertiary alicyclic amines) is 2. The molecule has 0 bridgehead atoms. The summed E-state index contributed by atoms with van der Waals surface area (Å²) in [6.45, 7) is 13.5. The van der Waals surface area contributed by atoms with E-state index in [1.807, 2.05) is 87.2 Å². The molecule has 3 fully saturated rings. The van der Waals surface area contributed by atoms with Crippen LogP contribution >= 0.6 is 0 Å². The van der Waals surface area contributed by atoms with Crippen molar-refractivity contribution in [3.63, 3.8) is 0 Å². The predicted octanol–water partition coefficient (Wildman–Crippen LogP) is 5.64. The Bertz CT molecular complexity index is 2490. The third-order valence-corrected chi connectivity index (χ3v) is 14.2. The summed E-state index contributed by atoms with van der Waals surface area (Å²) in [4.78, 5) is 90.6. The number of pyridine rings is 1. The van der Waals surface area contributed by atoms with Crippen molar-refractivity contribution >= 4 is 40.9 Å². The molecule has 3 aliphatic heterocycles. The summed E-state index contributed by atoms with van der Waals surface area (Å²) < 4.78 is 18.0. The summed E-state index contributed by atoms with van der Waals surface area (Å²) in [5.41, 5.74) is 4.87. The van der Waals surface area contributed by atoms with Crippen molar-refractivity contribution in [3.05, 3.63) is 99.1 Å². The van der Waals surface area contributed by atoms with Gasteiger partial charge in [-0.15, -0.1) is 0 Å². The second kappa shape index (κ2) is 25.2. The number of rotatable bonds is 19. The normalized spacial score (nSPS) is 17.2. The minimum absolute atomic E-state index is 0.0521. The molecule has 71 heavy (non-hydrogen) atoms. The highest BCUT2D eigenvalue weighted by molar-refractivity contribution is 5.88. The first kappa shape index (κ1) is 52.6. The number of piperidine rings is 2.